The fraction of sp³-hybridized carbons (Fsp3) is 0.409. The third kappa shape index (κ3) is 5.65. The summed E-state index contributed by atoms with van der Waals surface area (Å²) in [5, 5.41) is 5.93. The number of hydrogen-bond acceptors (Lipinski definition) is 2. The smallest absolute Gasteiger partial charge is 0.382 e. The molecule has 162 valence electrons. The first-order valence-corrected chi connectivity index (χ1v) is 10.2. The van der Waals surface area contributed by atoms with Gasteiger partial charge < -0.3 is 10.6 Å². The molecule has 0 heterocycles. The Hall–Kier alpha value is -2.28. The number of benzene rings is 2. The molecule has 1 aliphatic carbocycles. The predicted octanol–water partition coefficient (Wildman–Crippen LogP) is 6.21. The number of alkyl halides is 3. The Kier molecular flexibility index (Phi) is 6.91. The van der Waals surface area contributed by atoms with Gasteiger partial charge in [0.2, 0.25) is 0 Å². The first kappa shape index (κ1) is 22.4. The van der Waals surface area contributed by atoms with Crippen molar-refractivity contribution in [2.75, 3.05) is 11.9 Å². The summed E-state index contributed by atoms with van der Waals surface area (Å²) in [7, 11) is 0. The van der Waals surface area contributed by atoms with Gasteiger partial charge in [-0.05, 0) is 74.4 Å². The lowest BCUT2D eigenvalue weighted by molar-refractivity contribution is -0.137. The van der Waals surface area contributed by atoms with Crippen molar-refractivity contribution in [2.24, 2.45) is 5.92 Å². The number of aryl methyl sites for hydroxylation is 1. The topological polar surface area (TPSA) is 41.1 Å². The molecular weight excluding hydrogens is 420 g/mol. The van der Waals surface area contributed by atoms with E-state index < -0.39 is 17.6 Å². The summed E-state index contributed by atoms with van der Waals surface area (Å²) in [4.78, 5) is 12.5. The first-order valence-electron chi connectivity index (χ1n) is 9.81. The average Bonchev–Trinajstić information content (AvgIpc) is 2.69. The molecule has 0 atom stereocenters. The van der Waals surface area contributed by atoms with E-state index in [1.165, 1.54) is 6.07 Å². The Labute approximate surface area is 177 Å². The standard InChI is InChI=1S/C22H23ClF4N2O/c1-13-2-9-19(24)20(10-13)28-12-14-3-6-16(7-4-14)29-21(30)17-11-15(22(25,26)27)5-8-18(17)23/h2,5,8-11,14,16,28H,3-4,6-7,12H2,1H3,(H,29,30). The van der Waals surface area contributed by atoms with E-state index in [1.54, 1.807) is 12.1 Å². The fourth-order valence-electron chi connectivity index (χ4n) is 3.68. The molecule has 1 aliphatic rings. The van der Waals surface area contributed by atoms with Crippen molar-refractivity contribution < 1.29 is 22.4 Å². The lowest BCUT2D eigenvalue weighted by Gasteiger charge is -2.29. The molecule has 0 unspecified atom stereocenters. The Bertz CT molecular complexity index is 908. The number of amides is 1. The van der Waals surface area contributed by atoms with E-state index in [0.29, 0.717) is 31.0 Å². The van der Waals surface area contributed by atoms with Crippen LogP contribution in [0.15, 0.2) is 36.4 Å². The normalized spacial score (nSPS) is 19.4. The summed E-state index contributed by atoms with van der Waals surface area (Å²) in [5.74, 6) is -0.566. The summed E-state index contributed by atoms with van der Waals surface area (Å²) in [6, 6.07) is 7.51. The van der Waals surface area contributed by atoms with Crippen molar-refractivity contribution in [3.8, 4) is 0 Å². The molecule has 0 radical (unpaired) electrons. The zero-order chi connectivity index (χ0) is 21.9. The van der Waals surface area contributed by atoms with Crippen LogP contribution in [0, 0.1) is 18.7 Å². The predicted molar refractivity (Wildman–Crippen MR) is 109 cm³/mol. The van der Waals surface area contributed by atoms with Crippen molar-refractivity contribution in [3.63, 3.8) is 0 Å². The van der Waals surface area contributed by atoms with Gasteiger partial charge in [0.1, 0.15) is 5.82 Å². The maximum absolute atomic E-state index is 13.8. The van der Waals surface area contributed by atoms with E-state index in [-0.39, 0.29) is 22.4 Å². The van der Waals surface area contributed by atoms with E-state index >= 15 is 0 Å². The molecule has 0 bridgehead atoms. The van der Waals surface area contributed by atoms with Gasteiger partial charge in [0.15, 0.2) is 0 Å². The van der Waals surface area contributed by atoms with Crippen molar-refractivity contribution >= 4 is 23.2 Å². The molecule has 2 aromatic carbocycles. The minimum atomic E-state index is -4.54. The molecule has 30 heavy (non-hydrogen) atoms. The molecule has 2 aromatic rings. The molecular formula is C22H23ClF4N2O. The van der Waals surface area contributed by atoms with Gasteiger partial charge in [0.25, 0.3) is 5.91 Å². The summed E-state index contributed by atoms with van der Waals surface area (Å²) in [5.41, 5.74) is 0.364. The Morgan fingerprint density at radius 1 is 1.10 bits per heavy atom. The van der Waals surface area contributed by atoms with E-state index in [9.17, 15) is 22.4 Å². The summed E-state index contributed by atoms with van der Waals surface area (Å²) < 4.78 is 52.5. The highest BCUT2D eigenvalue weighted by Gasteiger charge is 2.32. The monoisotopic (exact) mass is 442 g/mol. The Morgan fingerprint density at radius 2 is 1.80 bits per heavy atom. The van der Waals surface area contributed by atoms with Crippen LogP contribution < -0.4 is 10.6 Å². The second kappa shape index (κ2) is 9.25. The van der Waals surface area contributed by atoms with Crippen LogP contribution in [0.2, 0.25) is 5.02 Å². The van der Waals surface area contributed by atoms with Crippen molar-refractivity contribution in [3.05, 3.63) is 63.9 Å². The third-order valence-corrected chi connectivity index (χ3v) is 5.75. The summed E-state index contributed by atoms with van der Waals surface area (Å²) in [6.45, 7) is 2.52. The number of hydrogen-bond donors (Lipinski definition) is 2. The lowest BCUT2D eigenvalue weighted by atomic mass is 9.85. The van der Waals surface area contributed by atoms with Crippen LogP contribution >= 0.6 is 11.6 Å². The van der Waals surface area contributed by atoms with Crippen LogP contribution in [0.1, 0.15) is 47.2 Å². The summed E-state index contributed by atoms with van der Waals surface area (Å²) >= 11 is 5.94. The fourth-order valence-corrected chi connectivity index (χ4v) is 3.88. The quantitative estimate of drug-likeness (QED) is 0.541. The Balaban J connectivity index is 1.52. The molecule has 1 fully saturated rings. The van der Waals surface area contributed by atoms with Crippen molar-refractivity contribution in [2.45, 2.75) is 44.8 Å². The maximum Gasteiger partial charge on any atom is 0.416 e. The zero-order valence-corrected chi connectivity index (χ0v) is 17.2. The van der Waals surface area contributed by atoms with Gasteiger partial charge in [-0.25, -0.2) is 4.39 Å². The number of anilines is 1. The van der Waals surface area contributed by atoms with Crippen LogP contribution in [-0.2, 0) is 6.18 Å². The van der Waals surface area contributed by atoms with Gasteiger partial charge in [-0.1, -0.05) is 17.7 Å². The Morgan fingerprint density at radius 3 is 2.47 bits per heavy atom. The number of nitrogens with one attached hydrogen (secondary N) is 2. The van der Waals surface area contributed by atoms with E-state index in [4.69, 9.17) is 11.6 Å². The van der Waals surface area contributed by atoms with Crippen LogP contribution in [0.5, 0.6) is 0 Å². The van der Waals surface area contributed by atoms with E-state index in [2.05, 4.69) is 10.6 Å². The molecule has 0 aliphatic heterocycles. The largest absolute Gasteiger partial charge is 0.416 e. The molecule has 2 N–H and O–H groups in total. The third-order valence-electron chi connectivity index (χ3n) is 5.42. The molecule has 1 saturated carbocycles. The van der Waals surface area contributed by atoms with Gasteiger partial charge in [-0.2, -0.15) is 13.2 Å². The number of carbonyl (C=O) groups is 1. The zero-order valence-electron chi connectivity index (χ0n) is 16.5. The van der Waals surface area contributed by atoms with Crippen molar-refractivity contribution in [1.82, 2.24) is 5.32 Å². The number of rotatable bonds is 5. The minimum Gasteiger partial charge on any atom is -0.382 e. The highest BCUT2D eigenvalue weighted by molar-refractivity contribution is 6.33. The molecule has 3 nitrogen and oxygen atoms in total. The van der Waals surface area contributed by atoms with Crippen LogP contribution in [0.25, 0.3) is 0 Å². The minimum absolute atomic E-state index is 0.0152. The molecule has 0 aromatic heterocycles. The van der Waals surface area contributed by atoms with Gasteiger partial charge in [-0.3, -0.25) is 4.79 Å². The number of carbonyl (C=O) groups excluding carboxylic acids is 1. The van der Waals surface area contributed by atoms with E-state index in [0.717, 1.165) is 36.6 Å². The highest BCUT2D eigenvalue weighted by Crippen LogP contribution is 2.32. The molecule has 0 saturated heterocycles. The first-order chi connectivity index (χ1) is 14.1. The van der Waals surface area contributed by atoms with Gasteiger partial charge in [-0.15, -0.1) is 0 Å². The summed E-state index contributed by atoms with van der Waals surface area (Å²) in [6.07, 6.45) is -1.50. The van der Waals surface area contributed by atoms with Gasteiger partial charge in [0, 0.05) is 12.6 Å². The van der Waals surface area contributed by atoms with Crippen LogP contribution in [0.4, 0.5) is 23.2 Å². The molecule has 1 amide bonds. The lowest BCUT2D eigenvalue weighted by Crippen LogP contribution is -2.38. The van der Waals surface area contributed by atoms with Gasteiger partial charge >= 0.3 is 6.18 Å². The molecule has 8 heteroatoms. The van der Waals surface area contributed by atoms with Crippen LogP contribution in [-0.4, -0.2) is 18.5 Å². The second-order valence-electron chi connectivity index (χ2n) is 7.75. The average molecular weight is 443 g/mol. The number of halogens is 5. The second-order valence-corrected chi connectivity index (χ2v) is 8.15. The van der Waals surface area contributed by atoms with E-state index in [1.807, 2.05) is 6.92 Å². The molecule has 3 rings (SSSR count). The van der Waals surface area contributed by atoms with Crippen molar-refractivity contribution in [1.29, 1.82) is 0 Å². The van der Waals surface area contributed by atoms with Crippen LogP contribution in [0.3, 0.4) is 0 Å². The maximum atomic E-state index is 13.8. The van der Waals surface area contributed by atoms with Gasteiger partial charge in [0.05, 0.1) is 21.8 Å². The molecule has 0 spiro atoms. The highest BCUT2D eigenvalue weighted by atomic mass is 35.5. The SMILES string of the molecule is Cc1ccc(F)c(NCC2CCC(NC(=O)c3cc(C(F)(F)F)ccc3Cl)CC2)c1.